The quantitative estimate of drug-likeness (QED) is 0.581. The minimum Gasteiger partial charge on any atom is -0.480 e. The van der Waals surface area contributed by atoms with Crippen LogP contribution in [-0.4, -0.2) is 64.4 Å². The van der Waals surface area contributed by atoms with Gasteiger partial charge in [-0.05, 0) is 52.3 Å². The number of hydrazine groups is 1. The van der Waals surface area contributed by atoms with Crippen molar-refractivity contribution in [2.45, 2.75) is 40.2 Å². The molecule has 0 atom stereocenters. The molecule has 3 N–H and O–H groups in total. The Morgan fingerprint density at radius 1 is 1.07 bits per heavy atom. The van der Waals surface area contributed by atoms with Crippen molar-refractivity contribution in [3.8, 4) is 0 Å². The molecule has 10 heteroatoms. The van der Waals surface area contributed by atoms with Crippen LogP contribution >= 0.6 is 0 Å². The highest BCUT2D eigenvalue weighted by atomic mass is 16.6. The lowest BCUT2D eigenvalue weighted by Gasteiger charge is -2.27. The lowest BCUT2D eigenvalue weighted by molar-refractivity contribution is -0.136. The van der Waals surface area contributed by atoms with Crippen LogP contribution in [0.25, 0.3) is 0 Å². The maximum Gasteiger partial charge on any atom is 0.429 e. The predicted molar refractivity (Wildman–Crippen MR) is 105 cm³/mol. The molecule has 10 nitrogen and oxygen atoms in total. The Kier molecular flexibility index (Phi) is 7.99. The Balaban J connectivity index is 3.10. The van der Waals surface area contributed by atoms with E-state index in [0.717, 1.165) is 9.91 Å². The van der Waals surface area contributed by atoms with Gasteiger partial charge >= 0.3 is 18.0 Å². The van der Waals surface area contributed by atoms with Gasteiger partial charge in [0.25, 0.3) is 5.91 Å². The first-order valence-electron chi connectivity index (χ1n) is 8.94. The van der Waals surface area contributed by atoms with E-state index in [9.17, 15) is 19.2 Å². The third-order valence-electron chi connectivity index (χ3n) is 3.63. The van der Waals surface area contributed by atoms with Crippen molar-refractivity contribution in [3.05, 3.63) is 29.3 Å². The maximum atomic E-state index is 12.6. The monoisotopic (exact) mass is 409 g/mol. The fourth-order valence-electron chi connectivity index (χ4n) is 2.40. The molecule has 0 aliphatic rings. The van der Waals surface area contributed by atoms with Crippen molar-refractivity contribution in [1.29, 1.82) is 0 Å². The van der Waals surface area contributed by atoms with E-state index in [2.05, 4.69) is 5.43 Å². The summed E-state index contributed by atoms with van der Waals surface area (Å²) in [5.74, 6) is -3.03. The molecule has 0 radical (unpaired) electrons. The lowest BCUT2D eigenvalue weighted by atomic mass is 10.1. The van der Waals surface area contributed by atoms with Crippen molar-refractivity contribution in [2.24, 2.45) is 0 Å². The number of carboxylic acid groups (broad SMARTS) is 2. The number of amides is 2. The molecule has 1 aromatic rings. The van der Waals surface area contributed by atoms with Crippen LogP contribution in [0.3, 0.4) is 0 Å². The van der Waals surface area contributed by atoms with Gasteiger partial charge < -0.3 is 19.8 Å². The fraction of sp³-hybridized carbons (Fsp3) is 0.474. The molecule has 0 aliphatic heterocycles. The highest BCUT2D eigenvalue weighted by Gasteiger charge is 2.24. The Hall–Kier alpha value is -3.30. The summed E-state index contributed by atoms with van der Waals surface area (Å²) in [6.45, 7) is 7.50. The lowest BCUT2D eigenvalue weighted by Crippen LogP contribution is -2.48. The van der Waals surface area contributed by atoms with Gasteiger partial charge in [0.05, 0.1) is 0 Å². The largest absolute Gasteiger partial charge is 0.480 e. The molecular formula is C19H27N3O7. The van der Waals surface area contributed by atoms with E-state index >= 15 is 0 Å². The number of carbonyl (C=O) groups excluding carboxylic acids is 2. The number of benzene rings is 1. The zero-order valence-corrected chi connectivity index (χ0v) is 17.2. The highest BCUT2D eigenvalue weighted by molar-refractivity contribution is 5.96. The molecule has 0 heterocycles. The van der Waals surface area contributed by atoms with Crippen molar-refractivity contribution < 1.29 is 34.1 Å². The summed E-state index contributed by atoms with van der Waals surface area (Å²) in [6, 6.07) is 4.46. The molecule has 0 bridgehead atoms. The molecule has 0 saturated heterocycles. The molecule has 0 aromatic heterocycles. The average Bonchev–Trinajstić information content (AvgIpc) is 2.56. The van der Waals surface area contributed by atoms with Crippen molar-refractivity contribution >= 4 is 29.6 Å². The average molecular weight is 409 g/mol. The first-order valence-corrected chi connectivity index (χ1v) is 8.94. The Morgan fingerprint density at radius 2 is 1.62 bits per heavy atom. The number of carboxylic acids is 2. The summed E-state index contributed by atoms with van der Waals surface area (Å²) in [6.07, 6.45) is -0.723. The standard InChI is InChI=1S/C19H27N3O7/c1-6-22(18(28)29-19(3,4)5)20-17(27)13-8-7-12(2)14(9-13)21(10-15(23)24)11-16(25)26/h7-9H,6,10-11H2,1-5H3,(H,20,27)(H,23,24)(H,25,26). The van der Waals surface area contributed by atoms with Gasteiger partial charge in [0.1, 0.15) is 18.7 Å². The molecule has 1 aromatic carbocycles. The number of anilines is 1. The number of carbonyl (C=O) groups is 4. The maximum absolute atomic E-state index is 12.6. The van der Waals surface area contributed by atoms with E-state index in [1.165, 1.54) is 12.1 Å². The zero-order chi connectivity index (χ0) is 22.4. The number of ether oxygens (including phenoxy) is 1. The molecule has 160 valence electrons. The molecule has 29 heavy (non-hydrogen) atoms. The van der Waals surface area contributed by atoms with Crippen molar-refractivity contribution in [2.75, 3.05) is 24.5 Å². The highest BCUT2D eigenvalue weighted by Crippen LogP contribution is 2.22. The van der Waals surface area contributed by atoms with Gasteiger partial charge in [-0.3, -0.25) is 19.8 Å². The number of nitrogens with zero attached hydrogens (tertiary/aromatic N) is 2. The summed E-state index contributed by atoms with van der Waals surface area (Å²) in [7, 11) is 0. The van der Waals surface area contributed by atoms with Gasteiger partial charge in [0.15, 0.2) is 0 Å². The summed E-state index contributed by atoms with van der Waals surface area (Å²) in [5.41, 5.74) is 2.73. The predicted octanol–water partition coefficient (Wildman–Crippen LogP) is 1.87. The van der Waals surface area contributed by atoms with Crippen LogP contribution in [0.2, 0.25) is 0 Å². The van der Waals surface area contributed by atoms with E-state index in [1.54, 1.807) is 40.7 Å². The molecule has 0 unspecified atom stereocenters. The molecule has 0 aliphatic carbocycles. The Labute approximate surface area is 169 Å². The van der Waals surface area contributed by atoms with Crippen LogP contribution in [0.4, 0.5) is 10.5 Å². The van der Waals surface area contributed by atoms with Gasteiger partial charge in [0, 0.05) is 17.8 Å². The topological polar surface area (TPSA) is 136 Å². The minimum absolute atomic E-state index is 0.133. The number of hydrogen-bond donors (Lipinski definition) is 3. The van der Waals surface area contributed by atoms with Gasteiger partial charge in [-0.1, -0.05) is 6.07 Å². The van der Waals surface area contributed by atoms with Gasteiger partial charge in [0.2, 0.25) is 0 Å². The van der Waals surface area contributed by atoms with E-state index in [4.69, 9.17) is 14.9 Å². The van der Waals surface area contributed by atoms with Gasteiger partial charge in [-0.2, -0.15) is 0 Å². The molecule has 0 fully saturated rings. The van der Waals surface area contributed by atoms with E-state index in [1.807, 2.05) is 0 Å². The van der Waals surface area contributed by atoms with E-state index in [-0.39, 0.29) is 12.1 Å². The Morgan fingerprint density at radius 3 is 2.07 bits per heavy atom. The third kappa shape index (κ3) is 7.68. The van der Waals surface area contributed by atoms with Crippen LogP contribution in [0.5, 0.6) is 0 Å². The zero-order valence-electron chi connectivity index (χ0n) is 17.2. The van der Waals surface area contributed by atoms with Crippen LogP contribution in [0, 0.1) is 6.92 Å². The van der Waals surface area contributed by atoms with Gasteiger partial charge in [-0.25, -0.2) is 9.80 Å². The minimum atomic E-state index is -1.21. The van der Waals surface area contributed by atoms with Crippen molar-refractivity contribution in [3.63, 3.8) is 0 Å². The molecular weight excluding hydrogens is 382 g/mol. The molecule has 2 amide bonds. The normalized spacial score (nSPS) is 10.8. The summed E-state index contributed by atoms with van der Waals surface area (Å²) < 4.78 is 5.23. The van der Waals surface area contributed by atoms with Crippen molar-refractivity contribution in [1.82, 2.24) is 10.4 Å². The summed E-state index contributed by atoms with van der Waals surface area (Å²) in [4.78, 5) is 48.1. The smallest absolute Gasteiger partial charge is 0.429 e. The second kappa shape index (κ2) is 9.76. The molecule has 0 spiro atoms. The third-order valence-corrected chi connectivity index (χ3v) is 3.63. The van der Waals surface area contributed by atoms with Crippen LogP contribution in [0.1, 0.15) is 43.6 Å². The molecule has 0 saturated carbocycles. The molecule has 1 rings (SSSR count). The van der Waals surface area contributed by atoms with Crippen LogP contribution in [0.15, 0.2) is 18.2 Å². The number of aliphatic carboxylic acids is 2. The van der Waals surface area contributed by atoms with Crippen LogP contribution < -0.4 is 10.3 Å². The summed E-state index contributed by atoms with van der Waals surface area (Å²) >= 11 is 0. The second-order valence-electron chi connectivity index (χ2n) is 7.31. The first kappa shape index (κ1) is 23.7. The number of aryl methyl sites for hydroxylation is 1. The van der Waals surface area contributed by atoms with E-state index in [0.29, 0.717) is 11.3 Å². The van der Waals surface area contributed by atoms with Crippen LogP contribution in [-0.2, 0) is 14.3 Å². The Bertz CT molecular complexity index is 770. The number of nitrogens with one attached hydrogen (secondary N) is 1. The fourth-order valence-corrected chi connectivity index (χ4v) is 2.40. The summed E-state index contributed by atoms with van der Waals surface area (Å²) in [5, 5.41) is 19.1. The SMILES string of the molecule is CCN(NC(=O)c1ccc(C)c(N(CC(=O)O)CC(=O)O)c1)C(=O)OC(C)(C)C. The number of rotatable bonds is 7. The first-order chi connectivity index (χ1) is 13.3. The van der Waals surface area contributed by atoms with E-state index < -0.39 is 42.6 Å². The number of hydrogen-bond acceptors (Lipinski definition) is 6. The van der Waals surface area contributed by atoms with Gasteiger partial charge in [-0.15, -0.1) is 0 Å². The second-order valence-corrected chi connectivity index (χ2v) is 7.31.